The lowest BCUT2D eigenvalue weighted by Crippen LogP contribution is -2.36. The Bertz CT molecular complexity index is 863. The summed E-state index contributed by atoms with van der Waals surface area (Å²) in [5, 5.41) is 3.16. The van der Waals surface area contributed by atoms with Crippen molar-refractivity contribution in [3.63, 3.8) is 0 Å². The highest BCUT2D eigenvalue weighted by molar-refractivity contribution is 8.14. The van der Waals surface area contributed by atoms with E-state index in [1.807, 2.05) is 24.9 Å². The normalized spacial score (nSPS) is 21.3. The predicted octanol–water partition coefficient (Wildman–Crippen LogP) is 3.27. The molecular weight excluding hydrogens is 394 g/mol. The van der Waals surface area contributed by atoms with Crippen LogP contribution in [0.15, 0.2) is 53.1 Å². The summed E-state index contributed by atoms with van der Waals surface area (Å²) in [6.45, 7) is 10.8. The van der Waals surface area contributed by atoms with Gasteiger partial charge in [0.05, 0.1) is 18.2 Å². The fraction of sp³-hybridized carbons (Fsp3) is 0.478. The fourth-order valence-electron chi connectivity index (χ4n) is 3.95. The van der Waals surface area contributed by atoms with Crippen LogP contribution >= 0.6 is 11.8 Å². The Morgan fingerprint density at radius 2 is 2.27 bits per heavy atom. The number of primary amides is 1. The van der Waals surface area contributed by atoms with Crippen molar-refractivity contribution >= 4 is 28.5 Å². The van der Waals surface area contributed by atoms with E-state index in [4.69, 9.17) is 16.6 Å². The summed E-state index contributed by atoms with van der Waals surface area (Å²) >= 11 is 1.87. The molecule has 162 valence electrons. The van der Waals surface area contributed by atoms with Crippen molar-refractivity contribution in [2.45, 2.75) is 37.9 Å². The molecule has 30 heavy (non-hydrogen) atoms. The standard InChI is InChI=1S/C23H33N5OS/c1-5-17(22(24)29)11-19-14-28(10-9-15(19)2)23-26-13-21(30-23)16(3)18-7-6-8-20(12-18)27(4)25/h5-8,12,16-17,21H,1,9-11,13-14,25H2,2-4H3,(H2,24,29). The van der Waals surface area contributed by atoms with Gasteiger partial charge in [0.1, 0.15) is 0 Å². The largest absolute Gasteiger partial charge is 0.369 e. The first-order chi connectivity index (χ1) is 14.3. The Labute approximate surface area is 184 Å². The van der Waals surface area contributed by atoms with Gasteiger partial charge in [0.2, 0.25) is 5.91 Å². The van der Waals surface area contributed by atoms with Crippen molar-refractivity contribution < 1.29 is 4.79 Å². The van der Waals surface area contributed by atoms with Crippen LogP contribution in [-0.4, -0.2) is 47.9 Å². The number of anilines is 1. The number of benzene rings is 1. The molecule has 0 saturated heterocycles. The number of amidine groups is 1. The second kappa shape index (κ2) is 9.71. The Kier molecular flexibility index (Phi) is 7.26. The van der Waals surface area contributed by atoms with Crippen molar-refractivity contribution in [1.29, 1.82) is 0 Å². The van der Waals surface area contributed by atoms with Crippen LogP contribution in [0, 0.1) is 5.92 Å². The molecule has 2 heterocycles. The third-order valence-corrected chi connectivity index (χ3v) is 7.61. The Morgan fingerprint density at radius 1 is 1.50 bits per heavy atom. The lowest BCUT2D eigenvalue weighted by molar-refractivity contribution is -0.120. The number of nitrogens with two attached hydrogens (primary N) is 2. The smallest absolute Gasteiger partial charge is 0.224 e. The first-order valence-electron chi connectivity index (χ1n) is 10.4. The van der Waals surface area contributed by atoms with Gasteiger partial charge in [-0.2, -0.15) is 0 Å². The van der Waals surface area contributed by atoms with E-state index in [9.17, 15) is 4.79 Å². The molecule has 1 aromatic carbocycles. The highest BCUT2D eigenvalue weighted by atomic mass is 32.2. The van der Waals surface area contributed by atoms with Crippen molar-refractivity contribution in [3.8, 4) is 0 Å². The van der Waals surface area contributed by atoms with Crippen LogP contribution in [0.25, 0.3) is 0 Å². The van der Waals surface area contributed by atoms with Gasteiger partial charge < -0.3 is 15.6 Å². The van der Waals surface area contributed by atoms with E-state index >= 15 is 0 Å². The molecule has 2 aliphatic rings. The lowest BCUT2D eigenvalue weighted by Gasteiger charge is -2.32. The highest BCUT2D eigenvalue weighted by Gasteiger charge is 2.31. The van der Waals surface area contributed by atoms with E-state index in [1.54, 1.807) is 11.1 Å². The van der Waals surface area contributed by atoms with Crippen molar-refractivity contribution in [3.05, 3.63) is 53.6 Å². The van der Waals surface area contributed by atoms with Gasteiger partial charge >= 0.3 is 0 Å². The number of hydrogen-bond acceptors (Lipinski definition) is 6. The monoisotopic (exact) mass is 427 g/mol. The van der Waals surface area contributed by atoms with Gasteiger partial charge in [-0.05, 0) is 43.4 Å². The number of hydrogen-bond donors (Lipinski definition) is 2. The number of carbonyl (C=O) groups excluding carboxylic acids is 1. The zero-order valence-electron chi connectivity index (χ0n) is 18.2. The molecule has 0 radical (unpaired) electrons. The highest BCUT2D eigenvalue weighted by Crippen LogP contribution is 2.37. The van der Waals surface area contributed by atoms with Crippen LogP contribution in [0.1, 0.15) is 38.2 Å². The van der Waals surface area contributed by atoms with E-state index < -0.39 is 0 Å². The van der Waals surface area contributed by atoms with Crippen LogP contribution < -0.4 is 16.6 Å². The zero-order valence-corrected chi connectivity index (χ0v) is 19.0. The van der Waals surface area contributed by atoms with Crippen molar-refractivity contribution in [2.75, 3.05) is 31.7 Å². The van der Waals surface area contributed by atoms with Crippen LogP contribution in [0.3, 0.4) is 0 Å². The van der Waals surface area contributed by atoms with Crippen LogP contribution in [0.2, 0.25) is 0 Å². The van der Waals surface area contributed by atoms with Crippen LogP contribution in [0.4, 0.5) is 5.69 Å². The molecule has 2 aliphatic heterocycles. The van der Waals surface area contributed by atoms with Crippen molar-refractivity contribution in [1.82, 2.24) is 4.90 Å². The first kappa shape index (κ1) is 22.4. The van der Waals surface area contributed by atoms with E-state index in [-0.39, 0.29) is 11.8 Å². The lowest BCUT2D eigenvalue weighted by atomic mass is 9.92. The maximum atomic E-state index is 11.6. The maximum absolute atomic E-state index is 11.6. The molecule has 0 aromatic heterocycles. The topological polar surface area (TPSA) is 87.9 Å². The van der Waals surface area contributed by atoms with Gasteiger partial charge in [0, 0.05) is 25.4 Å². The summed E-state index contributed by atoms with van der Waals surface area (Å²) in [6.07, 6.45) is 3.30. The molecule has 0 bridgehead atoms. The molecular formula is C23H33N5OS. The molecule has 0 spiro atoms. The number of aliphatic imine (C=N–C) groups is 1. The minimum Gasteiger partial charge on any atom is -0.369 e. The second-order valence-corrected chi connectivity index (χ2v) is 9.48. The molecule has 1 aromatic rings. The van der Waals surface area contributed by atoms with Gasteiger partial charge in [-0.25, -0.2) is 5.84 Å². The molecule has 1 amide bonds. The molecule has 3 rings (SSSR count). The molecule has 3 unspecified atom stereocenters. The predicted molar refractivity (Wildman–Crippen MR) is 128 cm³/mol. The zero-order chi connectivity index (χ0) is 21.8. The second-order valence-electron chi connectivity index (χ2n) is 8.28. The van der Waals surface area contributed by atoms with Crippen LogP contribution in [0.5, 0.6) is 0 Å². The van der Waals surface area contributed by atoms with Crippen molar-refractivity contribution in [2.24, 2.45) is 22.5 Å². The summed E-state index contributed by atoms with van der Waals surface area (Å²) in [5.41, 5.74) is 10.4. The van der Waals surface area contributed by atoms with Gasteiger partial charge in [0.15, 0.2) is 5.17 Å². The minimum absolute atomic E-state index is 0.311. The third kappa shape index (κ3) is 5.08. The number of rotatable bonds is 7. The van der Waals surface area contributed by atoms with Gasteiger partial charge in [-0.15, -0.1) is 6.58 Å². The van der Waals surface area contributed by atoms with E-state index in [2.05, 4.69) is 43.5 Å². The van der Waals surface area contributed by atoms with E-state index in [0.29, 0.717) is 17.6 Å². The molecule has 3 atom stereocenters. The molecule has 4 N–H and O–H groups in total. The fourth-order valence-corrected chi connectivity index (χ4v) is 5.18. The molecule has 0 saturated carbocycles. The maximum Gasteiger partial charge on any atom is 0.224 e. The number of thioether (sulfide) groups is 1. The first-order valence-corrected chi connectivity index (χ1v) is 11.3. The Balaban J connectivity index is 1.64. The third-order valence-electron chi connectivity index (χ3n) is 6.15. The molecule has 0 fully saturated rings. The van der Waals surface area contributed by atoms with Crippen LogP contribution in [-0.2, 0) is 4.79 Å². The quantitative estimate of drug-likeness (QED) is 0.396. The number of amides is 1. The Hall–Kier alpha value is -2.25. The molecule has 7 heteroatoms. The number of carbonyl (C=O) groups is 1. The van der Waals surface area contributed by atoms with E-state index in [1.165, 1.54) is 16.7 Å². The molecule has 6 nitrogen and oxygen atoms in total. The number of hydrazine groups is 1. The summed E-state index contributed by atoms with van der Waals surface area (Å²) in [4.78, 5) is 18.9. The minimum atomic E-state index is -0.311. The average molecular weight is 428 g/mol. The average Bonchev–Trinajstić information content (AvgIpc) is 3.22. The molecule has 0 aliphatic carbocycles. The van der Waals surface area contributed by atoms with Gasteiger partial charge in [-0.3, -0.25) is 9.79 Å². The van der Waals surface area contributed by atoms with Gasteiger partial charge in [-0.1, -0.05) is 48.0 Å². The summed E-state index contributed by atoms with van der Waals surface area (Å²) in [7, 11) is 1.86. The van der Waals surface area contributed by atoms with Gasteiger partial charge in [0.25, 0.3) is 0 Å². The summed E-state index contributed by atoms with van der Waals surface area (Å²) in [6, 6.07) is 8.41. The number of nitrogens with zero attached hydrogens (tertiary/aromatic N) is 3. The Morgan fingerprint density at radius 3 is 2.93 bits per heavy atom. The SMILES string of the molecule is C=CC(CC1=C(C)CCN(C2=NCC(C(C)c3cccc(N(C)N)c3)S2)C1)C(N)=O. The summed E-state index contributed by atoms with van der Waals surface area (Å²) < 4.78 is 0. The van der Waals surface area contributed by atoms with E-state index in [0.717, 1.165) is 36.9 Å². The summed E-state index contributed by atoms with van der Waals surface area (Å²) in [5.74, 6) is 5.65.